The first-order valence-corrected chi connectivity index (χ1v) is 7.48. The molecule has 1 aromatic carbocycles. The van der Waals surface area contributed by atoms with Crippen LogP contribution in [0.3, 0.4) is 0 Å². The molecule has 19 heavy (non-hydrogen) atoms. The zero-order chi connectivity index (χ0) is 14.6. The Morgan fingerprint density at radius 2 is 1.79 bits per heavy atom. The first-order valence-electron chi connectivity index (χ1n) is 6.68. The third-order valence-corrected chi connectivity index (χ3v) is 4.46. The lowest BCUT2D eigenvalue weighted by atomic mass is 10.1. The lowest BCUT2D eigenvalue weighted by Gasteiger charge is -2.19. The molecule has 106 valence electrons. The van der Waals surface area contributed by atoms with Gasteiger partial charge >= 0.3 is 0 Å². The van der Waals surface area contributed by atoms with Gasteiger partial charge in [0, 0.05) is 16.2 Å². The molecule has 0 aliphatic heterocycles. The van der Waals surface area contributed by atoms with Crippen LogP contribution < -0.4 is 10.6 Å². The van der Waals surface area contributed by atoms with Crippen molar-refractivity contribution in [1.29, 1.82) is 0 Å². The number of rotatable bonds is 5. The van der Waals surface area contributed by atoms with Gasteiger partial charge in [-0.25, -0.2) is 0 Å². The van der Waals surface area contributed by atoms with E-state index in [4.69, 9.17) is 0 Å². The minimum absolute atomic E-state index is 0.0348. The number of benzene rings is 1. The van der Waals surface area contributed by atoms with Crippen molar-refractivity contribution in [3.05, 3.63) is 27.7 Å². The maximum Gasteiger partial charge on any atom is 0.242 e. The SMILES string of the molecule is CCC(C)NC(=O)C(C)Nc1cc(C)c(Br)c(C)c1. The Morgan fingerprint density at radius 3 is 2.26 bits per heavy atom. The van der Waals surface area contributed by atoms with Gasteiger partial charge in [-0.2, -0.15) is 0 Å². The second-order valence-corrected chi connectivity index (χ2v) is 5.90. The van der Waals surface area contributed by atoms with Crippen LogP contribution in [0.5, 0.6) is 0 Å². The van der Waals surface area contributed by atoms with E-state index in [0.29, 0.717) is 0 Å². The Kier molecular flexibility index (Phi) is 5.85. The van der Waals surface area contributed by atoms with E-state index in [1.807, 2.05) is 39.8 Å². The summed E-state index contributed by atoms with van der Waals surface area (Å²) in [6.45, 7) is 10.0. The van der Waals surface area contributed by atoms with Crippen molar-refractivity contribution in [2.24, 2.45) is 0 Å². The highest BCUT2D eigenvalue weighted by atomic mass is 79.9. The molecule has 0 radical (unpaired) electrons. The van der Waals surface area contributed by atoms with E-state index < -0.39 is 0 Å². The Hall–Kier alpha value is -1.03. The highest BCUT2D eigenvalue weighted by Gasteiger charge is 2.14. The molecule has 1 amide bonds. The van der Waals surface area contributed by atoms with Crippen molar-refractivity contribution in [2.45, 2.75) is 53.1 Å². The van der Waals surface area contributed by atoms with Crippen LogP contribution in [0.4, 0.5) is 5.69 Å². The molecule has 0 saturated heterocycles. The van der Waals surface area contributed by atoms with E-state index in [1.54, 1.807) is 0 Å². The topological polar surface area (TPSA) is 41.1 Å². The van der Waals surface area contributed by atoms with Gasteiger partial charge in [-0.15, -0.1) is 0 Å². The molecule has 3 nitrogen and oxygen atoms in total. The molecule has 0 aromatic heterocycles. The molecule has 1 rings (SSSR count). The summed E-state index contributed by atoms with van der Waals surface area (Å²) in [6, 6.07) is 4.06. The van der Waals surface area contributed by atoms with Crippen molar-refractivity contribution in [3.63, 3.8) is 0 Å². The average molecular weight is 327 g/mol. The van der Waals surface area contributed by atoms with Crippen LogP contribution >= 0.6 is 15.9 Å². The Balaban J connectivity index is 2.71. The largest absolute Gasteiger partial charge is 0.374 e. The first kappa shape index (κ1) is 16.0. The molecule has 0 fully saturated rings. The molecule has 2 N–H and O–H groups in total. The summed E-state index contributed by atoms with van der Waals surface area (Å²) in [6.07, 6.45) is 0.939. The van der Waals surface area contributed by atoms with Gasteiger partial charge in [0.1, 0.15) is 6.04 Å². The highest BCUT2D eigenvalue weighted by molar-refractivity contribution is 9.10. The number of anilines is 1. The second kappa shape index (κ2) is 6.94. The number of amides is 1. The number of hydrogen-bond donors (Lipinski definition) is 2. The molecule has 0 saturated carbocycles. The van der Waals surface area contributed by atoms with Crippen molar-refractivity contribution >= 4 is 27.5 Å². The first-order chi connectivity index (χ1) is 8.85. The number of aryl methyl sites for hydroxylation is 2. The quantitative estimate of drug-likeness (QED) is 0.864. The summed E-state index contributed by atoms with van der Waals surface area (Å²) in [5.41, 5.74) is 3.30. The van der Waals surface area contributed by atoms with Gasteiger partial charge in [0.15, 0.2) is 0 Å². The van der Waals surface area contributed by atoms with Crippen molar-refractivity contribution in [1.82, 2.24) is 5.32 Å². The maximum atomic E-state index is 12.0. The fraction of sp³-hybridized carbons (Fsp3) is 0.533. The summed E-state index contributed by atoms with van der Waals surface area (Å²) >= 11 is 3.54. The smallest absolute Gasteiger partial charge is 0.242 e. The van der Waals surface area contributed by atoms with Gasteiger partial charge in [-0.05, 0) is 57.4 Å². The molecule has 0 heterocycles. The van der Waals surface area contributed by atoms with Gasteiger partial charge in [0.25, 0.3) is 0 Å². The normalized spacial score (nSPS) is 13.8. The van der Waals surface area contributed by atoms with Crippen LogP contribution in [0.2, 0.25) is 0 Å². The minimum atomic E-state index is -0.242. The van der Waals surface area contributed by atoms with Crippen LogP contribution in [0.15, 0.2) is 16.6 Å². The summed E-state index contributed by atoms with van der Waals surface area (Å²) in [5, 5.41) is 6.23. The lowest BCUT2D eigenvalue weighted by molar-refractivity contribution is -0.122. The third kappa shape index (κ3) is 4.53. The second-order valence-electron chi connectivity index (χ2n) is 5.11. The monoisotopic (exact) mass is 326 g/mol. The summed E-state index contributed by atoms with van der Waals surface area (Å²) in [4.78, 5) is 12.0. The number of halogens is 1. The highest BCUT2D eigenvalue weighted by Crippen LogP contribution is 2.25. The number of hydrogen-bond acceptors (Lipinski definition) is 2. The number of nitrogens with one attached hydrogen (secondary N) is 2. The summed E-state index contributed by atoms with van der Waals surface area (Å²) in [7, 11) is 0. The van der Waals surface area contributed by atoms with Gasteiger partial charge < -0.3 is 10.6 Å². The van der Waals surface area contributed by atoms with Crippen LogP contribution in [0, 0.1) is 13.8 Å². The molecule has 0 bridgehead atoms. The predicted octanol–water partition coefficient (Wildman–Crippen LogP) is 3.78. The van der Waals surface area contributed by atoms with E-state index in [0.717, 1.165) is 27.7 Å². The molecule has 2 unspecified atom stereocenters. The van der Waals surface area contributed by atoms with Gasteiger partial charge in [0.2, 0.25) is 5.91 Å². The van der Waals surface area contributed by atoms with Crippen LogP contribution in [-0.2, 0) is 4.79 Å². The van der Waals surface area contributed by atoms with Gasteiger partial charge in [-0.3, -0.25) is 4.79 Å². The molecule has 4 heteroatoms. The molecule has 0 aliphatic rings. The lowest BCUT2D eigenvalue weighted by Crippen LogP contribution is -2.41. The molecule has 2 atom stereocenters. The zero-order valence-electron chi connectivity index (χ0n) is 12.3. The summed E-state index contributed by atoms with van der Waals surface area (Å²) < 4.78 is 1.12. The molecule has 0 spiro atoms. The predicted molar refractivity (Wildman–Crippen MR) is 84.6 cm³/mol. The fourth-order valence-electron chi connectivity index (χ4n) is 1.81. The van der Waals surface area contributed by atoms with E-state index >= 15 is 0 Å². The zero-order valence-corrected chi connectivity index (χ0v) is 13.9. The Bertz CT molecular complexity index is 436. The fourth-order valence-corrected chi connectivity index (χ4v) is 2.04. The molecule has 0 aliphatic carbocycles. The van der Waals surface area contributed by atoms with E-state index in [-0.39, 0.29) is 18.0 Å². The Labute approximate surface area is 124 Å². The van der Waals surface area contributed by atoms with Gasteiger partial charge in [-0.1, -0.05) is 22.9 Å². The minimum Gasteiger partial charge on any atom is -0.374 e. The van der Waals surface area contributed by atoms with Crippen molar-refractivity contribution in [3.8, 4) is 0 Å². The maximum absolute atomic E-state index is 12.0. The molecular weight excluding hydrogens is 304 g/mol. The number of carbonyl (C=O) groups excluding carboxylic acids is 1. The van der Waals surface area contributed by atoms with Crippen LogP contribution in [0.25, 0.3) is 0 Å². The number of carbonyl (C=O) groups is 1. The van der Waals surface area contributed by atoms with Crippen molar-refractivity contribution < 1.29 is 4.79 Å². The molecular formula is C15H23BrN2O. The van der Waals surface area contributed by atoms with Crippen LogP contribution in [0.1, 0.15) is 38.3 Å². The van der Waals surface area contributed by atoms with E-state index in [9.17, 15) is 4.79 Å². The standard InChI is InChI=1S/C15H23BrN2O/c1-6-11(4)17-15(19)12(5)18-13-7-9(2)14(16)10(3)8-13/h7-8,11-12,18H,6H2,1-5H3,(H,17,19). The van der Waals surface area contributed by atoms with Gasteiger partial charge in [0.05, 0.1) is 0 Å². The Morgan fingerprint density at radius 1 is 1.26 bits per heavy atom. The van der Waals surface area contributed by atoms with E-state index in [1.165, 1.54) is 0 Å². The van der Waals surface area contributed by atoms with Crippen LogP contribution in [-0.4, -0.2) is 18.0 Å². The van der Waals surface area contributed by atoms with Crippen molar-refractivity contribution in [2.75, 3.05) is 5.32 Å². The third-order valence-electron chi connectivity index (χ3n) is 3.21. The average Bonchev–Trinajstić information content (AvgIpc) is 2.35. The van der Waals surface area contributed by atoms with E-state index in [2.05, 4.69) is 33.5 Å². The molecule has 1 aromatic rings. The summed E-state index contributed by atoms with van der Waals surface area (Å²) in [5.74, 6) is 0.0348.